The lowest BCUT2D eigenvalue weighted by Crippen LogP contribution is -2.40. The molecule has 0 aromatic heterocycles. The number of ether oxygens (including phenoxy) is 3. The lowest BCUT2D eigenvalue weighted by atomic mass is 10.1. The molecule has 0 bridgehead atoms. The van der Waals surface area contributed by atoms with E-state index in [0.717, 1.165) is 0 Å². The van der Waals surface area contributed by atoms with E-state index in [1.54, 1.807) is 18.2 Å². The monoisotopic (exact) mass is 438 g/mol. The Hall–Kier alpha value is -2.42. The lowest BCUT2D eigenvalue weighted by molar-refractivity contribution is -0.118. The van der Waals surface area contributed by atoms with Gasteiger partial charge >= 0.3 is 0 Å². The molecule has 1 aliphatic heterocycles. The number of para-hydroxylation sites is 1. The molecule has 2 aromatic rings. The molecule has 1 aliphatic rings. The van der Waals surface area contributed by atoms with Gasteiger partial charge in [-0.15, -0.1) is 0 Å². The Balaban J connectivity index is 1.70. The number of nitrogens with zero attached hydrogens (tertiary/aromatic N) is 1. The molecule has 1 N–H and O–H groups in total. The van der Waals surface area contributed by atoms with E-state index in [2.05, 4.69) is 5.32 Å². The molecule has 9 heteroatoms. The number of hydrogen-bond acceptors (Lipinski definition) is 5. The van der Waals surface area contributed by atoms with Crippen molar-refractivity contribution in [3.05, 3.63) is 52.8 Å². The van der Waals surface area contributed by atoms with Crippen molar-refractivity contribution in [2.24, 2.45) is 0 Å². The van der Waals surface area contributed by atoms with Gasteiger partial charge in [0.2, 0.25) is 0 Å². The predicted octanol–water partition coefficient (Wildman–Crippen LogP) is 3.51. The molecule has 6 nitrogen and oxygen atoms in total. The Kier molecular flexibility index (Phi) is 7.24. The van der Waals surface area contributed by atoms with Gasteiger partial charge in [-0.2, -0.15) is 0 Å². The first-order valence-corrected chi connectivity index (χ1v) is 9.70. The van der Waals surface area contributed by atoms with Crippen molar-refractivity contribution < 1.29 is 23.4 Å². The quantitative estimate of drug-likeness (QED) is 0.696. The zero-order valence-corrected chi connectivity index (χ0v) is 17.3. The third-order valence-electron chi connectivity index (χ3n) is 4.27. The maximum absolute atomic E-state index is 13.6. The van der Waals surface area contributed by atoms with Crippen molar-refractivity contribution in [3.63, 3.8) is 0 Å². The van der Waals surface area contributed by atoms with E-state index in [4.69, 9.17) is 38.0 Å². The van der Waals surface area contributed by atoms with Crippen molar-refractivity contribution in [2.75, 3.05) is 45.3 Å². The summed E-state index contributed by atoms with van der Waals surface area (Å²) in [6.07, 6.45) is 0. The third kappa shape index (κ3) is 5.35. The summed E-state index contributed by atoms with van der Waals surface area (Å²) in [6, 6.07) is 9.26. The number of carbonyl (C=O) groups excluding carboxylic acids is 1. The fourth-order valence-corrected chi connectivity index (χ4v) is 3.38. The summed E-state index contributed by atoms with van der Waals surface area (Å²) in [5.41, 5.74) is 0.789. The SMILES string of the molecule is COc1cc(C(=S)N2CCOCC2)cc(Cl)c1OCC(=O)Nc1ccccc1F. The molecule has 0 saturated carbocycles. The summed E-state index contributed by atoms with van der Waals surface area (Å²) < 4.78 is 29.9. The highest BCUT2D eigenvalue weighted by atomic mass is 35.5. The number of methoxy groups -OCH3 is 1. The number of thiocarbonyl (C=S) groups is 1. The zero-order valence-electron chi connectivity index (χ0n) is 15.7. The summed E-state index contributed by atoms with van der Waals surface area (Å²) in [7, 11) is 1.47. The van der Waals surface area contributed by atoms with Crippen LogP contribution in [0.15, 0.2) is 36.4 Å². The first-order chi connectivity index (χ1) is 14.0. The molecule has 1 amide bonds. The molecule has 0 radical (unpaired) electrons. The van der Waals surface area contributed by atoms with Crippen molar-refractivity contribution in [1.29, 1.82) is 0 Å². The Bertz CT molecular complexity index is 906. The van der Waals surface area contributed by atoms with Gasteiger partial charge in [0, 0.05) is 18.7 Å². The van der Waals surface area contributed by atoms with Crippen LogP contribution in [0.1, 0.15) is 5.56 Å². The molecular weight excluding hydrogens is 419 g/mol. The fourth-order valence-electron chi connectivity index (χ4n) is 2.82. The van der Waals surface area contributed by atoms with Crippen molar-refractivity contribution >= 4 is 40.4 Å². The number of benzene rings is 2. The third-order valence-corrected chi connectivity index (χ3v) is 5.04. The smallest absolute Gasteiger partial charge is 0.262 e. The second-order valence-electron chi connectivity index (χ2n) is 6.21. The summed E-state index contributed by atoms with van der Waals surface area (Å²) in [4.78, 5) is 14.8. The number of anilines is 1. The van der Waals surface area contributed by atoms with Crippen LogP contribution in [0.4, 0.5) is 10.1 Å². The van der Waals surface area contributed by atoms with Crippen molar-refractivity contribution in [3.8, 4) is 11.5 Å². The minimum atomic E-state index is -0.530. The van der Waals surface area contributed by atoms with Crippen molar-refractivity contribution in [1.82, 2.24) is 4.90 Å². The van der Waals surface area contributed by atoms with E-state index in [1.807, 2.05) is 4.90 Å². The van der Waals surface area contributed by atoms with Crippen LogP contribution in [-0.2, 0) is 9.53 Å². The molecule has 0 aliphatic carbocycles. The first kappa shape index (κ1) is 21.3. The van der Waals surface area contributed by atoms with E-state index in [0.29, 0.717) is 42.6 Å². The Morgan fingerprint density at radius 2 is 2.03 bits per heavy atom. The van der Waals surface area contributed by atoms with Crippen LogP contribution in [0, 0.1) is 5.82 Å². The largest absolute Gasteiger partial charge is 0.493 e. The summed E-state index contributed by atoms with van der Waals surface area (Å²) in [5.74, 6) is -0.494. The minimum Gasteiger partial charge on any atom is -0.493 e. The average Bonchev–Trinajstić information content (AvgIpc) is 2.74. The number of carbonyl (C=O) groups is 1. The van der Waals surface area contributed by atoms with Gasteiger partial charge in [-0.1, -0.05) is 36.0 Å². The number of morpholine rings is 1. The Morgan fingerprint density at radius 3 is 2.72 bits per heavy atom. The summed E-state index contributed by atoms with van der Waals surface area (Å²) in [6.45, 7) is 2.27. The van der Waals surface area contributed by atoms with Crippen LogP contribution in [0.5, 0.6) is 11.5 Å². The van der Waals surface area contributed by atoms with Gasteiger partial charge in [0.1, 0.15) is 10.8 Å². The van der Waals surface area contributed by atoms with E-state index >= 15 is 0 Å². The van der Waals surface area contributed by atoms with E-state index in [-0.39, 0.29) is 23.1 Å². The molecule has 154 valence electrons. The number of nitrogens with one attached hydrogen (secondary N) is 1. The van der Waals surface area contributed by atoms with E-state index in [1.165, 1.54) is 25.3 Å². The molecular formula is C20H20ClFN2O4S. The molecule has 0 atom stereocenters. The van der Waals surface area contributed by atoms with Gasteiger partial charge < -0.3 is 24.4 Å². The maximum Gasteiger partial charge on any atom is 0.262 e. The molecule has 0 unspecified atom stereocenters. The van der Waals surface area contributed by atoms with Gasteiger partial charge in [-0.3, -0.25) is 4.79 Å². The highest BCUT2D eigenvalue weighted by Crippen LogP contribution is 2.37. The zero-order chi connectivity index (χ0) is 20.8. The number of halogens is 2. The number of rotatable bonds is 6. The normalized spacial score (nSPS) is 13.7. The Morgan fingerprint density at radius 1 is 1.31 bits per heavy atom. The number of hydrogen-bond donors (Lipinski definition) is 1. The van der Waals surface area contributed by atoms with E-state index < -0.39 is 11.7 Å². The van der Waals surface area contributed by atoms with Crippen LogP contribution < -0.4 is 14.8 Å². The van der Waals surface area contributed by atoms with Gasteiger partial charge in [-0.05, 0) is 24.3 Å². The molecule has 1 fully saturated rings. The second kappa shape index (κ2) is 9.87. The predicted molar refractivity (Wildman–Crippen MR) is 113 cm³/mol. The van der Waals surface area contributed by atoms with Gasteiger partial charge in [0.15, 0.2) is 18.1 Å². The van der Waals surface area contributed by atoms with Crippen LogP contribution >= 0.6 is 23.8 Å². The minimum absolute atomic E-state index is 0.0744. The average molecular weight is 439 g/mol. The Labute approximate surface area is 178 Å². The van der Waals surface area contributed by atoms with Crippen LogP contribution in [-0.4, -0.2) is 55.8 Å². The van der Waals surface area contributed by atoms with Gasteiger partial charge in [0.05, 0.1) is 31.0 Å². The van der Waals surface area contributed by atoms with Crippen LogP contribution in [0.2, 0.25) is 5.02 Å². The van der Waals surface area contributed by atoms with E-state index in [9.17, 15) is 9.18 Å². The molecule has 1 heterocycles. The second-order valence-corrected chi connectivity index (χ2v) is 7.00. The highest BCUT2D eigenvalue weighted by molar-refractivity contribution is 7.80. The molecule has 29 heavy (non-hydrogen) atoms. The maximum atomic E-state index is 13.6. The molecule has 1 saturated heterocycles. The lowest BCUT2D eigenvalue weighted by Gasteiger charge is -2.29. The summed E-state index contributed by atoms with van der Waals surface area (Å²) in [5, 5.41) is 2.71. The van der Waals surface area contributed by atoms with Gasteiger partial charge in [0.25, 0.3) is 5.91 Å². The standard InChI is InChI=1S/C20H20ClFN2O4S/c1-26-17-11-13(20(29)24-6-8-27-9-7-24)10-14(21)19(17)28-12-18(25)23-16-5-3-2-4-15(16)22/h2-5,10-11H,6-9,12H2,1H3,(H,23,25). The molecule has 2 aromatic carbocycles. The molecule has 0 spiro atoms. The first-order valence-electron chi connectivity index (χ1n) is 8.91. The van der Waals surface area contributed by atoms with Crippen LogP contribution in [0.3, 0.4) is 0 Å². The molecule has 3 rings (SSSR count). The van der Waals surface area contributed by atoms with Crippen LogP contribution in [0.25, 0.3) is 0 Å². The summed E-state index contributed by atoms with van der Waals surface area (Å²) >= 11 is 11.9. The van der Waals surface area contributed by atoms with Gasteiger partial charge in [-0.25, -0.2) is 4.39 Å². The fraction of sp³-hybridized carbons (Fsp3) is 0.300. The van der Waals surface area contributed by atoms with Crippen molar-refractivity contribution in [2.45, 2.75) is 0 Å². The number of amides is 1. The topological polar surface area (TPSA) is 60.0 Å². The highest BCUT2D eigenvalue weighted by Gasteiger charge is 2.20.